The number of fused-ring (bicyclic) bond motifs is 3. The molecule has 0 aliphatic carbocycles. The zero-order valence-corrected chi connectivity index (χ0v) is 9.18. The van der Waals surface area contributed by atoms with Crippen molar-refractivity contribution in [2.45, 2.75) is 26.9 Å². The highest BCUT2D eigenvalue weighted by Gasteiger charge is 2.17. The van der Waals surface area contributed by atoms with Gasteiger partial charge in [-0.1, -0.05) is 12.1 Å². The number of aromatic amines is 1. The summed E-state index contributed by atoms with van der Waals surface area (Å²) in [7, 11) is 0. The van der Waals surface area contributed by atoms with Gasteiger partial charge in [0.2, 0.25) is 0 Å². The Hall–Kier alpha value is -1.28. The lowest BCUT2D eigenvalue weighted by atomic mass is 10.0. The lowest BCUT2D eigenvalue weighted by Gasteiger charge is -2.12. The van der Waals surface area contributed by atoms with Crippen molar-refractivity contribution in [3.8, 4) is 0 Å². The van der Waals surface area contributed by atoms with Crippen LogP contribution < -0.4 is 0 Å². The van der Waals surface area contributed by atoms with E-state index in [0.717, 1.165) is 19.6 Å². The lowest BCUT2D eigenvalue weighted by Crippen LogP contribution is -2.08. The van der Waals surface area contributed by atoms with Crippen LogP contribution in [0.4, 0.5) is 0 Å². The molecule has 2 heteroatoms. The molecule has 1 N–H and O–H groups in total. The van der Waals surface area contributed by atoms with Gasteiger partial charge in [-0.2, -0.15) is 0 Å². The van der Waals surface area contributed by atoms with Gasteiger partial charge in [0.05, 0.1) is 13.2 Å². The molecule has 0 spiro atoms. The average molecular weight is 201 g/mol. The van der Waals surface area contributed by atoms with Crippen molar-refractivity contribution in [3.05, 3.63) is 34.5 Å². The fourth-order valence-electron chi connectivity index (χ4n) is 2.46. The van der Waals surface area contributed by atoms with E-state index in [-0.39, 0.29) is 0 Å². The van der Waals surface area contributed by atoms with E-state index in [9.17, 15) is 0 Å². The molecule has 0 bridgehead atoms. The molecule has 0 unspecified atom stereocenters. The van der Waals surface area contributed by atoms with Crippen LogP contribution >= 0.6 is 0 Å². The first kappa shape index (κ1) is 8.98. The minimum atomic E-state index is 0.764. The largest absolute Gasteiger partial charge is 0.376 e. The number of aromatic nitrogens is 1. The van der Waals surface area contributed by atoms with Crippen molar-refractivity contribution in [1.82, 2.24) is 4.98 Å². The maximum absolute atomic E-state index is 5.54. The molecule has 1 aromatic carbocycles. The van der Waals surface area contributed by atoms with Crippen LogP contribution in [0.15, 0.2) is 12.1 Å². The van der Waals surface area contributed by atoms with Crippen molar-refractivity contribution in [2.24, 2.45) is 0 Å². The predicted molar refractivity (Wildman–Crippen MR) is 61.1 cm³/mol. The average Bonchev–Trinajstić information content (AvgIpc) is 2.64. The molecule has 2 nitrogen and oxygen atoms in total. The van der Waals surface area contributed by atoms with Gasteiger partial charge in [0.15, 0.2) is 0 Å². The summed E-state index contributed by atoms with van der Waals surface area (Å²) in [6, 6.07) is 4.38. The summed E-state index contributed by atoms with van der Waals surface area (Å²) in [5, 5.41) is 1.38. The number of H-pyrrole nitrogens is 1. The molecule has 1 aliphatic heterocycles. The highest BCUT2D eigenvalue weighted by atomic mass is 16.5. The number of hydrogen-bond donors (Lipinski definition) is 1. The zero-order valence-electron chi connectivity index (χ0n) is 9.18. The van der Waals surface area contributed by atoms with Crippen LogP contribution in [0.25, 0.3) is 10.9 Å². The van der Waals surface area contributed by atoms with Crippen LogP contribution in [0.5, 0.6) is 0 Å². The predicted octanol–water partition coefficient (Wildman–Crippen LogP) is 2.86. The normalized spacial score (nSPS) is 15.6. The van der Waals surface area contributed by atoms with Crippen molar-refractivity contribution in [3.63, 3.8) is 0 Å². The number of benzene rings is 1. The smallest absolute Gasteiger partial charge is 0.0740 e. The molecule has 0 saturated heterocycles. The van der Waals surface area contributed by atoms with Crippen LogP contribution in [-0.4, -0.2) is 11.6 Å². The summed E-state index contributed by atoms with van der Waals surface area (Å²) >= 11 is 0. The van der Waals surface area contributed by atoms with Gasteiger partial charge in [-0.15, -0.1) is 0 Å². The fraction of sp³-hybridized carbons (Fsp3) is 0.385. The Balaban J connectivity index is 2.41. The first-order chi connectivity index (χ1) is 7.27. The second-order valence-electron chi connectivity index (χ2n) is 4.33. The van der Waals surface area contributed by atoms with Gasteiger partial charge in [-0.25, -0.2) is 0 Å². The zero-order chi connectivity index (χ0) is 10.4. The SMILES string of the molecule is Cc1ccc(C)c2c3c([nH]c12)CCOC3. The minimum absolute atomic E-state index is 0.764. The summed E-state index contributed by atoms with van der Waals surface area (Å²) in [4.78, 5) is 3.55. The quantitative estimate of drug-likeness (QED) is 0.696. The molecular formula is C13H15NO. The molecule has 15 heavy (non-hydrogen) atoms. The van der Waals surface area contributed by atoms with Crippen molar-refractivity contribution in [2.75, 3.05) is 6.61 Å². The topological polar surface area (TPSA) is 25.0 Å². The molecule has 1 aliphatic rings. The van der Waals surface area contributed by atoms with Gasteiger partial charge in [-0.3, -0.25) is 0 Å². The highest BCUT2D eigenvalue weighted by molar-refractivity contribution is 5.90. The number of hydrogen-bond acceptors (Lipinski definition) is 1. The first-order valence-electron chi connectivity index (χ1n) is 5.45. The molecule has 0 atom stereocenters. The Labute approximate surface area is 89.3 Å². The molecule has 2 heterocycles. The third-order valence-electron chi connectivity index (χ3n) is 3.31. The minimum Gasteiger partial charge on any atom is -0.376 e. The van der Waals surface area contributed by atoms with E-state index in [4.69, 9.17) is 4.74 Å². The Bertz CT molecular complexity index is 525. The van der Waals surface area contributed by atoms with Gasteiger partial charge < -0.3 is 9.72 Å². The summed E-state index contributed by atoms with van der Waals surface area (Å²) in [5.41, 5.74) is 6.71. The van der Waals surface area contributed by atoms with Gasteiger partial charge in [0, 0.05) is 28.6 Å². The molecule has 0 saturated carbocycles. The van der Waals surface area contributed by atoms with Gasteiger partial charge in [0.1, 0.15) is 0 Å². The van der Waals surface area contributed by atoms with Crippen molar-refractivity contribution < 1.29 is 4.74 Å². The molecule has 2 aromatic rings. The van der Waals surface area contributed by atoms with E-state index in [2.05, 4.69) is 31.0 Å². The second kappa shape index (κ2) is 3.11. The lowest BCUT2D eigenvalue weighted by molar-refractivity contribution is 0.111. The molecule has 0 radical (unpaired) electrons. The van der Waals surface area contributed by atoms with Crippen LogP contribution in [0.2, 0.25) is 0 Å². The number of rotatable bonds is 0. The molecular weight excluding hydrogens is 186 g/mol. The molecule has 0 fully saturated rings. The van der Waals surface area contributed by atoms with Crippen LogP contribution in [-0.2, 0) is 17.8 Å². The molecule has 1 aromatic heterocycles. The summed E-state index contributed by atoms with van der Waals surface area (Å²) in [6.07, 6.45) is 1.02. The maximum Gasteiger partial charge on any atom is 0.0740 e. The van der Waals surface area contributed by atoms with E-state index in [1.54, 1.807) is 0 Å². The van der Waals surface area contributed by atoms with Crippen molar-refractivity contribution >= 4 is 10.9 Å². The van der Waals surface area contributed by atoms with Crippen LogP contribution in [0, 0.1) is 13.8 Å². The van der Waals surface area contributed by atoms with E-state index < -0.39 is 0 Å². The molecule has 3 rings (SSSR count). The monoisotopic (exact) mass is 201 g/mol. The van der Waals surface area contributed by atoms with Gasteiger partial charge in [-0.05, 0) is 25.0 Å². The maximum atomic E-state index is 5.54. The standard InChI is InChI=1S/C13H15NO/c1-8-3-4-9(2)13-12(8)10-7-15-6-5-11(10)14-13/h3-4,14H,5-7H2,1-2H3. The first-order valence-corrected chi connectivity index (χ1v) is 5.45. The second-order valence-corrected chi connectivity index (χ2v) is 4.33. The molecule has 78 valence electrons. The van der Waals surface area contributed by atoms with E-state index in [0.29, 0.717) is 0 Å². The summed E-state index contributed by atoms with van der Waals surface area (Å²) < 4.78 is 5.54. The third-order valence-corrected chi connectivity index (χ3v) is 3.31. The number of aryl methyl sites for hydroxylation is 2. The highest BCUT2D eigenvalue weighted by Crippen LogP contribution is 2.30. The number of nitrogens with one attached hydrogen (secondary N) is 1. The third kappa shape index (κ3) is 1.21. The van der Waals surface area contributed by atoms with E-state index in [1.165, 1.54) is 33.3 Å². The summed E-state index contributed by atoms with van der Waals surface area (Å²) in [6.45, 7) is 5.94. The van der Waals surface area contributed by atoms with Crippen molar-refractivity contribution in [1.29, 1.82) is 0 Å². The number of ether oxygens (including phenoxy) is 1. The van der Waals surface area contributed by atoms with Gasteiger partial charge in [0.25, 0.3) is 0 Å². The Morgan fingerprint density at radius 3 is 2.87 bits per heavy atom. The van der Waals surface area contributed by atoms with E-state index in [1.807, 2.05) is 0 Å². The van der Waals surface area contributed by atoms with E-state index >= 15 is 0 Å². The van der Waals surface area contributed by atoms with Gasteiger partial charge >= 0.3 is 0 Å². The summed E-state index contributed by atoms with van der Waals surface area (Å²) in [5.74, 6) is 0. The Morgan fingerprint density at radius 1 is 1.20 bits per heavy atom. The van der Waals surface area contributed by atoms with Crippen LogP contribution in [0.1, 0.15) is 22.4 Å². The Morgan fingerprint density at radius 2 is 2.00 bits per heavy atom. The molecule has 0 amide bonds. The van der Waals surface area contributed by atoms with Crippen LogP contribution in [0.3, 0.4) is 0 Å². The Kier molecular flexibility index (Phi) is 1.86. The fourth-order valence-corrected chi connectivity index (χ4v) is 2.46.